The molecule has 0 bridgehead atoms. The van der Waals surface area contributed by atoms with Crippen LogP contribution in [0.15, 0.2) is 36.0 Å². The molecule has 2 N–H and O–H groups in total. The second-order valence-electron chi connectivity index (χ2n) is 6.18. The third-order valence-electron chi connectivity index (χ3n) is 4.38. The number of hydrogen-bond acceptors (Lipinski definition) is 4. The van der Waals surface area contributed by atoms with Gasteiger partial charge in [0.15, 0.2) is 4.93 Å². The highest BCUT2D eigenvalue weighted by Crippen LogP contribution is 2.28. The van der Waals surface area contributed by atoms with Crippen molar-refractivity contribution in [1.82, 2.24) is 10.9 Å². The van der Waals surface area contributed by atoms with Crippen LogP contribution in [0.4, 0.5) is 0 Å². The number of methoxy groups -OCH3 is 1. The maximum absolute atomic E-state index is 12.3. The number of hydrogen-bond donors (Lipinski definition) is 2. The molecule has 1 fully saturated rings. The number of terminal acetylenes is 1. The fourth-order valence-electron chi connectivity index (χ4n) is 3.02. The van der Waals surface area contributed by atoms with Crippen LogP contribution >= 0.6 is 0 Å². The Balaban J connectivity index is 2.09. The minimum atomic E-state index is -1.32. The van der Waals surface area contributed by atoms with Gasteiger partial charge in [0.2, 0.25) is 5.91 Å². The van der Waals surface area contributed by atoms with Gasteiger partial charge in [-0.3, -0.25) is 14.4 Å². The number of amides is 1. The van der Waals surface area contributed by atoms with Crippen molar-refractivity contribution in [3.8, 4) is 12.3 Å². The molecule has 1 aliphatic carbocycles. The predicted molar refractivity (Wildman–Crippen MR) is 96.0 cm³/mol. The van der Waals surface area contributed by atoms with Crippen LogP contribution in [-0.4, -0.2) is 34.0 Å². The first-order valence-electron chi connectivity index (χ1n) is 7.90. The Hall–Kier alpha value is -1.68. The molecular weight excluding hydrogens is 324 g/mol. The summed E-state index contributed by atoms with van der Waals surface area (Å²) in [4.78, 5) is 10.4. The molecule has 5 nitrogen and oxygen atoms in total. The number of ether oxygens (including phenoxy) is 1. The Morgan fingerprint density at radius 2 is 2.21 bits per heavy atom. The highest BCUT2D eigenvalue weighted by molar-refractivity contribution is 7.86. The lowest BCUT2D eigenvalue weighted by Gasteiger charge is -2.32. The molecule has 0 saturated carbocycles. The molecule has 3 atom stereocenters. The fourth-order valence-corrected chi connectivity index (χ4v) is 4.05. The zero-order valence-electron chi connectivity index (χ0n) is 14.2. The highest BCUT2D eigenvalue weighted by Gasteiger charge is 2.33. The van der Waals surface area contributed by atoms with Crippen LogP contribution in [0.2, 0.25) is 0 Å². The standard InChI is InChI=1S/C18H24N2O3S/c1-5-10-24(22)18(23-4)8-6-15(7-9-18)11-13(2)17-14(3)12-16(21)19-20-17/h1,6-9,11,14-15,17,20H,10,12H2,2-4H3,(H,19,21)/b13-11+. The van der Waals surface area contributed by atoms with E-state index in [1.807, 2.05) is 31.2 Å². The largest absolute Gasteiger partial charge is 0.358 e. The average molecular weight is 348 g/mol. The molecule has 1 heterocycles. The van der Waals surface area contributed by atoms with Crippen molar-refractivity contribution in [1.29, 1.82) is 0 Å². The first-order chi connectivity index (χ1) is 11.4. The van der Waals surface area contributed by atoms with Crippen LogP contribution in [-0.2, 0) is 20.3 Å². The molecular formula is C18H24N2O3S. The van der Waals surface area contributed by atoms with Gasteiger partial charge in [0.25, 0.3) is 0 Å². The molecule has 0 aromatic carbocycles. The minimum Gasteiger partial charge on any atom is -0.358 e. The third-order valence-corrected chi connectivity index (χ3v) is 5.96. The van der Waals surface area contributed by atoms with Gasteiger partial charge in [0.05, 0.1) is 16.6 Å². The summed E-state index contributed by atoms with van der Waals surface area (Å²) in [6.45, 7) is 4.10. The van der Waals surface area contributed by atoms with Crippen LogP contribution < -0.4 is 10.9 Å². The zero-order valence-corrected chi connectivity index (χ0v) is 15.1. The molecule has 6 heteroatoms. The summed E-state index contributed by atoms with van der Waals surface area (Å²) in [6.07, 6.45) is 15.5. The lowest BCUT2D eigenvalue weighted by atomic mass is 9.88. The Kier molecular flexibility index (Phi) is 6.16. The molecule has 1 aliphatic heterocycles. The molecule has 0 spiro atoms. The Morgan fingerprint density at radius 1 is 1.54 bits per heavy atom. The number of rotatable bonds is 5. The van der Waals surface area contributed by atoms with Crippen molar-refractivity contribution < 1.29 is 13.7 Å². The van der Waals surface area contributed by atoms with Crippen molar-refractivity contribution in [2.75, 3.05) is 12.9 Å². The number of carbonyl (C=O) groups excluding carboxylic acids is 1. The molecule has 0 aromatic rings. The molecule has 130 valence electrons. The monoisotopic (exact) mass is 348 g/mol. The Labute approximate surface area is 146 Å². The van der Waals surface area contributed by atoms with Gasteiger partial charge in [0.1, 0.15) is 0 Å². The molecule has 0 radical (unpaired) electrons. The van der Waals surface area contributed by atoms with E-state index in [0.717, 1.165) is 5.57 Å². The van der Waals surface area contributed by atoms with E-state index in [0.29, 0.717) is 6.42 Å². The van der Waals surface area contributed by atoms with Crippen molar-refractivity contribution in [3.63, 3.8) is 0 Å². The van der Waals surface area contributed by atoms with Crippen LogP contribution in [0, 0.1) is 24.2 Å². The molecule has 0 aromatic heterocycles. The summed E-state index contributed by atoms with van der Waals surface area (Å²) in [5, 5.41) is 0. The molecule has 1 saturated heterocycles. The second kappa shape index (κ2) is 7.93. The molecule has 24 heavy (non-hydrogen) atoms. The number of carbonyl (C=O) groups is 1. The fraction of sp³-hybridized carbons (Fsp3) is 0.500. The molecule has 1 amide bonds. The van der Waals surface area contributed by atoms with Crippen LogP contribution in [0.25, 0.3) is 0 Å². The summed E-state index contributed by atoms with van der Waals surface area (Å²) in [5.74, 6) is 2.89. The van der Waals surface area contributed by atoms with E-state index < -0.39 is 15.7 Å². The van der Waals surface area contributed by atoms with Crippen molar-refractivity contribution in [2.24, 2.45) is 11.8 Å². The smallest absolute Gasteiger partial charge is 0.234 e. The lowest BCUT2D eigenvalue weighted by molar-refractivity contribution is -0.125. The van der Waals surface area contributed by atoms with Crippen molar-refractivity contribution in [3.05, 3.63) is 36.0 Å². The maximum atomic E-state index is 12.3. The normalized spacial score (nSPS) is 34.5. The van der Waals surface area contributed by atoms with Crippen LogP contribution in [0.5, 0.6) is 0 Å². The van der Waals surface area contributed by atoms with Gasteiger partial charge in [-0.15, -0.1) is 6.42 Å². The van der Waals surface area contributed by atoms with Gasteiger partial charge in [-0.05, 0) is 25.0 Å². The molecule has 2 rings (SSSR count). The summed E-state index contributed by atoms with van der Waals surface area (Å²) in [6, 6.07) is 0.106. The van der Waals surface area contributed by atoms with E-state index in [2.05, 4.69) is 29.8 Å². The van der Waals surface area contributed by atoms with Crippen molar-refractivity contribution >= 4 is 16.7 Å². The van der Waals surface area contributed by atoms with Gasteiger partial charge in [-0.1, -0.05) is 36.6 Å². The van der Waals surface area contributed by atoms with Gasteiger partial charge >= 0.3 is 0 Å². The third kappa shape index (κ3) is 4.04. The topological polar surface area (TPSA) is 67.4 Å². The van der Waals surface area contributed by atoms with Gasteiger partial charge < -0.3 is 4.74 Å². The van der Waals surface area contributed by atoms with Crippen LogP contribution in [0.3, 0.4) is 0 Å². The van der Waals surface area contributed by atoms with Gasteiger partial charge in [-0.2, -0.15) is 0 Å². The van der Waals surface area contributed by atoms with Gasteiger partial charge in [0, 0.05) is 25.5 Å². The minimum absolute atomic E-state index is 0.0184. The van der Waals surface area contributed by atoms with E-state index >= 15 is 0 Å². The Morgan fingerprint density at radius 3 is 2.75 bits per heavy atom. The molecule has 3 unspecified atom stereocenters. The van der Waals surface area contributed by atoms with E-state index in [1.54, 1.807) is 0 Å². The van der Waals surface area contributed by atoms with E-state index in [9.17, 15) is 9.00 Å². The summed E-state index contributed by atoms with van der Waals surface area (Å²) < 4.78 is 17.7. The Bertz CT molecular complexity index is 631. The van der Waals surface area contributed by atoms with Crippen LogP contribution in [0.1, 0.15) is 20.3 Å². The van der Waals surface area contributed by atoms with E-state index in [1.165, 1.54) is 7.11 Å². The number of allylic oxidation sites excluding steroid dienone is 3. The van der Waals surface area contributed by atoms with Gasteiger partial charge in [-0.25, -0.2) is 5.43 Å². The number of hydrazine groups is 1. The van der Waals surface area contributed by atoms with E-state index in [4.69, 9.17) is 11.2 Å². The maximum Gasteiger partial charge on any atom is 0.234 e. The first-order valence-corrected chi connectivity index (χ1v) is 9.22. The SMILES string of the molecule is C#CCS(=O)C1(OC)C=CC(/C=C(\C)C2NNC(=O)CC2C)C=C1. The second-order valence-corrected chi connectivity index (χ2v) is 7.80. The highest BCUT2D eigenvalue weighted by atomic mass is 32.2. The first kappa shape index (κ1) is 18.7. The summed E-state index contributed by atoms with van der Waals surface area (Å²) in [5.41, 5.74) is 6.90. The quantitative estimate of drug-likeness (QED) is 0.583. The lowest BCUT2D eigenvalue weighted by Crippen LogP contribution is -2.53. The average Bonchev–Trinajstić information content (AvgIpc) is 2.55. The predicted octanol–water partition coefficient (Wildman–Crippen LogP) is 1.43. The number of nitrogens with one attached hydrogen (secondary N) is 2. The zero-order chi connectivity index (χ0) is 17.7. The summed E-state index contributed by atoms with van der Waals surface area (Å²) in [7, 11) is 0.209. The van der Waals surface area contributed by atoms with Crippen molar-refractivity contribution in [2.45, 2.75) is 31.2 Å². The molecule has 2 aliphatic rings. The van der Waals surface area contributed by atoms with E-state index in [-0.39, 0.29) is 29.5 Å². The summed E-state index contributed by atoms with van der Waals surface area (Å²) >= 11 is 0.